The van der Waals surface area contributed by atoms with Crippen LogP contribution in [0.15, 0.2) is 133 Å². The number of nitrogens with zero attached hydrogens (tertiary/aromatic N) is 1. The van der Waals surface area contributed by atoms with Crippen LogP contribution in [0, 0.1) is 0 Å². The minimum Gasteiger partial charge on any atom is -0.455 e. The van der Waals surface area contributed by atoms with Gasteiger partial charge >= 0.3 is 0 Å². The summed E-state index contributed by atoms with van der Waals surface area (Å²) in [5, 5.41) is 7.40. The van der Waals surface area contributed by atoms with E-state index in [9.17, 15) is 9.59 Å². The molecule has 0 aliphatic heterocycles. The Bertz CT molecular complexity index is 1960. The van der Waals surface area contributed by atoms with E-state index in [1.54, 1.807) is 4.90 Å². The molecule has 6 heteroatoms. The highest BCUT2D eigenvalue weighted by atomic mass is 16.5. The van der Waals surface area contributed by atoms with Gasteiger partial charge in [-0.05, 0) is 62.5 Å². The molecule has 0 aliphatic rings. The van der Waals surface area contributed by atoms with Crippen molar-refractivity contribution in [3.8, 4) is 11.5 Å². The Kier molecular flexibility index (Phi) is 9.14. The average molecular weight is 594 g/mol. The number of fused-ring (bicyclic) bond motifs is 2. The fraction of sp³-hybridized carbons (Fsp3) is 0.128. The van der Waals surface area contributed by atoms with E-state index in [-0.39, 0.29) is 24.7 Å². The Hall–Kier alpha value is -5.46. The largest absolute Gasteiger partial charge is 0.455 e. The second-order valence-corrected chi connectivity index (χ2v) is 11.0. The third-order valence-electron chi connectivity index (χ3n) is 7.95. The van der Waals surface area contributed by atoms with Gasteiger partial charge in [0.05, 0.1) is 12.2 Å². The number of carbonyl (C=O) groups excluding carboxylic acids is 2. The summed E-state index contributed by atoms with van der Waals surface area (Å²) in [5.74, 6) is 0.830. The van der Waals surface area contributed by atoms with Gasteiger partial charge in [-0.25, -0.2) is 0 Å². The van der Waals surface area contributed by atoms with Crippen molar-refractivity contribution in [3.05, 3.63) is 150 Å². The number of nitrogens with one attached hydrogen (secondary N) is 1. The van der Waals surface area contributed by atoms with Gasteiger partial charge in [-0.15, -0.1) is 0 Å². The molecular weight excluding hydrogens is 558 g/mol. The van der Waals surface area contributed by atoms with E-state index >= 15 is 0 Å². The topological polar surface area (TPSA) is 84.7 Å². The number of nitrogens with two attached hydrogens (primary N) is 1. The number of amides is 2. The lowest BCUT2D eigenvalue weighted by atomic mass is 10.0. The minimum atomic E-state index is -0.176. The minimum absolute atomic E-state index is 0.0448. The van der Waals surface area contributed by atoms with Gasteiger partial charge < -0.3 is 20.7 Å². The number of anilines is 1. The molecule has 6 rings (SSSR count). The van der Waals surface area contributed by atoms with Crippen LogP contribution in [0.25, 0.3) is 21.5 Å². The van der Waals surface area contributed by atoms with Crippen molar-refractivity contribution >= 4 is 39.0 Å². The van der Waals surface area contributed by atoms with E-state index in [1.807, 2.05) is 97.1 Å². The molecule has 224 valence electrons. The van der Waals surface area contributed by atoms with Crippen LogP contribution >= 0.6 is 0 Å². The zero-order valence-corrected chi connectivity index (χ0v) is 25.0. The predicted molar refractivity (Wildman–Crippen MR) is 181 cm³/mol. The average Bonchev–Trinajstić information content (AvgIpc) is 3.09. The van der Waals surface area contributed by atoms with Crippen molar-refractivity contribution in [3.63, 3.8) is 0 Å². The molecular formula is C39H35N3O3. The van der Waals surface area contributed by atoms with Crippen LogP contribution in [0.5, 0.6) is 11.5 Å². The molecule has 45 heavy (non-hydrogen) atoms. The third-order valence-corrected chi connectivity index (χ3v) is 7.95. The Morgan fingerprint density at radius 2 is 1.29 bits per heavy atom. The Labute approximate surface area is 263 Å². The first-order valence-corrected chi connectivity index (χ1v) is 15.2. The van der Waals surface area contributed by atoms with E-state index in [0.29, 0.717) is 36.8 Å². The summed E-state index contributed by atoms with van der Waals surface area (Å²) in [7, 11) is 0. The molecule has 0 aliphatic carbocycles. The Balaban J connectivity index is 1.24. The molecule has 2 amide bonds. The zero-order chi connectivity index (χ0) is 31.0. The van der Waals surface area contributed by atoms with E-state index in [0.717, 1.165) is 38.2 Å². The van der Waals surface area contributed by atoms with Crippen LogP contribution in [0.4, 0.5) is 5.69 Å². The van der Waals surface area contributed by atoms with E-state index in [2.05, 4.69) is 41.7 Å². The molecule has 0 saturated carbocycles. The van der Waals surface area contributed by atoms with Crippen LogP contribution in [0.2, 0.25) is 0 Å². The van der Waals surface area contributed by atoms with Crippen LogP contribution in [0.1, 0.15) is 29.5 Å². The molecule has 3 N–H and O–H groups in total. The zero-order valence-electron chi connectivity index (χ0n) is 25.0. The number of para-hydroxylation sites is 2. The molecule has 0 aromatic heterocycles. The first kappa shape index (κ1) is 29.6. The molecule has 0 heterocycles. The van der Waals surface area contributed by atoms with Crippen molar-refractivity contribution in [2.45, 2.75) is 32.5 Å². The lowest BCUT2D eigenvalue weighted by Crippen LogP contribution is -2.32. The fourth-order valence-corrected chi connectivity index (χ4v) is 5.62. The van der Waals surface area contributed by atoms with Gasteiger partial charge in [0.1, 0.15) is 5.75 Å². The molecule has 0 bridgehead atoms. The normalized spacial score (nSPS) is 11.0. The SMILES string of the molecule is NCc1cccc(Oc2ccccc2N(Cc2cccc3ccccc23)C(=O)CCC(=O)NCc2cccc3ccccc23)c1. The van der Waals surface area contributed by atoms with E-state index in [4.69, 9.17) is 10.5 Å². The number of carbonyl (C=O) groups is 2. The summed E-state index contributed by atoms with van der Waals surface area (Å²) in [6.07, 6.45) is 0.111. The van der Waals surface area contributed by atoms with Gasteiger partial charge in [0, 0.05) is 25.9 Å². The maximum absolute atomic E-state index is 14.0. The lowest BCUT2D eigenvalue weighted by Gasteiger charge is -2.26. The van der Waals surface area contributed by atoms with Gasteiger partial charge in [-0.1, -0.05) is 109 Å². The molecule has 0 saturated heterocycles. The maximum atomic E-state index is 14.0. The summed E-state index contributed by atoms with van der Waals surface area (Å²) < 4.78 is 6.33. The van der Waals surface area contributed by atoms with E-state index < -0.39 is 0 Å². The van der Waals surface area contributed by atoms with Gasteiger partial charge in [0.2, 0.25) is 11.8 Å². The highest BCUT2D eigenvalue weighted by molar-refractivity contribution is 5.97. The summed E-state index contributed by atoms with van der Waals surface area (Å²) >= 11 is 0. The first-order valence-electron chi connectivity index (χ1n) is 15.2. The highest BCUT2D eigenvalue weighted by Gasteiger charge is 2.22. The highest BCUT2D eigenvalue weighted by Crippen LogP contribution is 2.35. The second kappa shape index (κ2) is 13.9. The van der Waals surface area contributed by atoms with Gasteiger partial charge in [-0.2, -0.15) is 0 Å². The van der Waals surface area contributed by atoms with Crippen LogP contribution in [-0.2, 0) is 29.2 Å². The van der Waals surface area contributed by atoms with Crippen molar-refractivity contribution in [2.75, 3.05) is 4.90 Å². The van der Waals surface area contributed by atoms with Crippen LogP contribution < -0.4 is 20.7 Å². The van der Waals surface area contributed by atoms with Crippen molar-refractivity contribution in [1.82, 2.24) is 5.32 Å². The predicted octanol–water partition coefficient (Wildman–Crippen LogP) is 7.87. The molecule has 0 unspecified atom stereocenters. The summed E-state index contributed by atoms with van der Waals surface area (Å²) in [5.41, 5.74) is 9.47. The van der Waals surface area contributed by atoms with Crippen molar-refractivity contribution in [2.24, 2.45) is 5.73 Å². The molecule has 0 atom stereocenters. The van der Waals surface area contributed by atoms with Gasteiger partial charge in [0.25, 0.3) is 0 Å². The third kappa shape index (κ3) is 7.03. The summed E-state index contributed by atoms with van der Waals surface area (Å²) in [6.45, 7) is 1.11. The van der Waals surface area contributed by atoms with Crippen molar-refractivity contribution < 1.29 is 14.3 Å². The lowest BCUT2D eigenvalue weighted by molar-refractivity contribution is -0.125. The maximum Gasteiger partial charge on any atom is 0.227 e. The first-order chi connectivity index (χ1) is 22.1. The van der Waals surface area contributed by atoms with Gasteiger partial charge in [-0.3, -0.25) is 9.59 Å². The summed E-state index contributed by atoms with van der Waals surface area (Å²) in [4.78, 5) is 28.7. The smallest absolute Gasteiger partial charge is 0.227 e. The van der Waals surface area contributed by atoms with Crippen LogP contribution in [0.3, 0.4) is 0 Å². The monoisotopic (exact) mass is 593 g/mol. The molecule has 0 radical (unpaired) electrons. The Morgan fingerprint density at radius 1 is 0.667 bits per heavy atom. The van der Waals surface area contributed by atoms with Crippen molar-refractivity contribution in [1.29, 1.82) is 0 Å². The number of hydrogen-bond donors (Lipinski definition) is 2. The second-order valence-electron chi connectivity index (χ2n) is 11.0. The molecule has 6 aromatic carbocycles. The number of ether oxygens (including phenoxy) is 1. The fourth-order valence-electron chi connectivity index (χ4n) is 5.62. The summed E-state index contributed by atoms with van der Waals surface area (Å²) in [6, 6.07) is 43.5. The number of rotatable bonds is 11. The number of benzene rings is 6. The standard InChI is InChI=1S/C39H35N3O3/c40-25-28-10-7-17-33(24-28)45-37-21-6-5-20-36(37)42(27-32-16-9-14-30-12-2-4-19-35(30)32)39(44)23-22-38(43)41-26-31-15-8-13-29-11-1-3-18-34(29)31/h1-21,24H,22-23,25-27,40H2,(H,41,43). The van der Waals surface area contributed by atoms with Crippen LogP contribution in [-0.4, -0.2) is 11.8 Å². The molecule has 6 aromatic rings. The number of hydrogen-bond acceptors (Lipinski definition) is 4. The Morgan fingerprint density at radius 3 is 2.04 bits per heavy atom. The molecule has 0 fully saturated rings. The quantitative estimate of drug-likeness (QED) is 0.160. The van der Waals surface area contributed by atoms with E-state index in [1.165, 1.54) is 0 Å². The molecule has 0 spiro atoms. The molecule has 6 nitrogen and oxygen atoms in total. The van der Waals surface area contributed by atoms with Gasteiger partial charge in [0.15, 0.2) is 5.75 Å².